The highest BCUT2D eigenvalue weighted by Crippen LogP contribution is 2.31. The highest BCUT2D eigenvalue weighted by Gasteiger charge is 2.51. The number of aromatic hydroxyl groups is 1. The maximum absolute atomic E-state index is 15.2. The predicted octanol–water partition coefficient (Wildman–Crippen LogP) is 2.10. The molecule has 1 unspecified atom stereocenters. The van der Waals surface area contributed by atoms with Gasteiger partial charge in [-0.15, -0.1) is 6.58 Å². The van der Waals surface area contributed by atoms with E-state index in [9.17, 15) is 19.5 Å². The molecule has 2 aromatic carbocycles. The van der Waals surface area contributed by atoms with Gasteiger partial charge in [0.25, 0.3) is 0 Å². The topological polar surface area (TPSA) is 119 Å². The first kappa shape index (κ1) is 35.4. The van der Waals surface area contributed by atoms with Gasteiger partial charge in [-0.05, 0) is 42.4 Å². The van der Waals surface area contributed by atoms with Crippen LogP contribution in [0.25, 0.3) is 0 Å². The highest BCUT2D eigenvalue weighted by atomic mass is 19.1. The maximum atomic E-state index is 15.2. The number of nitrogens with zero attached hydrogens (tertiary/aromatic N) is 8. The number of carbonyl (C=O) groups is 3. The Morgan fingerprint density at radius 2 is 1.71 bits per heavy atom. The molecule has 4 fully saturated rings. The number of benzene rings is 2. The fraction of sp³-hybridized carbons (Fsp3) is 0.421. The van der Waals surface area contributed by atoms with Gasteiger partial charge >= 0.3 is 6.03 Å². The average molecular weight is 712 g/mol. The second kappa shape index (κ2) is 15.3. The van der Waals surface area contributed by atoms with Crippen LogP contribution in [0.15, 0.2) is 79.4 Å². The summed E-state index contributed by atoms with van der Waals surface area (Å²) >= 11 is 0. The number of piperazine rings is 2. The van der Waals surface area contributed by atoms with E-state index in [2.05, 4.69) is 28.7 Å². The molecule has 4 aliphatic rings. The molecule has 0 aliphatic carbocycles. The van der Waals surface area contributed by atoms with Crippen molar-refractivity contribution in [2.75, 3.05) is 70.9 Å². The summed E-state index contributed by atoms with van der Waals surface area (Å²) in [4.78, 5) is 56.9. The highest BCUT2D eigenvalue weighted by molar-refractivity contribution is 5.91. The van der Waals surface area contributed by atoms with E-state index >= 15 is 4.39 Å². The van der Waals surface area contributed by atoms with Crippen LogP contribution in [0.5, 0.6) is 5.75 Å². The average Bonchev–Trinajstić information content (AvgIpc) is 3.12. The first-order chi connectivity index (χ1) is 25.2. The lowest BCUT2D eigenvalue weighted by Gasteiger charge is -2.55. The Balaban J connectivity index is 1.15. The molecule has 0 bridgehead atoms. The third-order valence-electron chi connectivity index (χ3n) is 10.5. The molecule has 14 heteroatoms. The smallest absolute Gasteiger partial charge is 0.334 e. The molecule has 0 spiro atoms. The molecule has 1 aromatic heterocycles. The number of phenols is 1. The number of likely N-dealkylation sites (N-methyl/N-ethyl adjacent to an activating group) is 1. The quantitative estimate of drug-likeness (QED) is 0.305. The number of pyridine rings is 1. The molecule has 3 aromatic rings. The number of aromatic nitrogens is 1. The van der Waals surface area contributed by atoms with E-state index in [0.29, 0.717) is 24.8 Å². The van der Waals surface area contributed by atoms with Crippen LogP contribution in [0.4, 0.5) is 15.0 Å². The second-order valence-corrected chi connectivity index (χ2v) is 14.0. The number of phenolic OH excluding ortho intramolecular Hbond substituents is 1. The van der Waals surface area contributed by atoms with Crippen molar-refractivity contribution in [2.45, 2.75) is 37.8 Å². The molecular formula is C38H46FN9O4. The van der Waals surface area contributed by atoms with Gasteiger partial charge in [0.15, 0.2) is 11.6 Å². The van der Waals surface area contributed by atoms with E-state index in [0.717, 1.165) is 37.3 Å². The molecule has 13 nitrogen and oxygen atoms in total. The molecule has 7 rings (SSSR count). The lowest BCUT2D eigenvalue weighted by Crippen LogP contribution is -2.76. The van der Waals surface area contributed by atoms with Gasteiger partial charge in [-0.2, -0.15) is 0 Å². The zero-order chi connectivity index (χ0) is 36.4. The molecule has 52 heavy (non-hydrogen) atoms. The number of fused-ring (bicyclic) bond motifs is 1. The number of hydrogen-bond donors (Lipinski definition) is 2. The molecule has 0 saturated carbocycles. The minimum absolute atomic E-state index is 0.0205. The second-order valence-electron chi connectivity index (χ2n) is 14.0. The Hall–Kier alpha value is -5.05. The monoisotopic (exact) mass is 711 g/mol. The first-order valence-corrected chi connectivity index (χ1v) is 17.9. The van der Waals surface area contributed by atoms with Crippen molar-refractivity contribution in [3.8, 4) is 5.75 Å². The van der Waals surface area contributed by atoms with E-state index in [1.807, 2.05) is 35.2 Å². The number of carbonyl (C=O) groups excluding carboxylic acids is 3. The Labute approximate surface area is 303 Å². The Morgan fingerprint density at radius 3 is 2.42 bits per heavy atom. The lowest BCUT2D eigenvalue weighted by molar-refractivity contribution is -0.189. The standard InChI is InChI=1S/C38H46FN9O4/c1-3-15-46-26-35(50)47-33(20-27-9-12-31(49)13-10-27)37(51)45(25-34(47)48(46)38(52)40-21-28-7-5-4-6-8-28)22-29-11-14-32(39)36(41-29)44-23-30(24-44)43-18-16-42(2)17-19-43/h3-14,30,33-34,49H,1,15-26H2,2H3,(H,40,52)/t33-,34?/m0/s1. The number of hydrazine groups is 1. The van der Waals surface area contributed by atoms with Crippen molar-refractivity contribution in [1.82, 2.24) is 39.9 Å². The number of anilines is 1. The lowest BCUT2D eigenvalue weighted by atomic mass is 9.98. The number of amides is 4. The van der Waals surface area contributed by atoms with Crippen molar-refractivity contribution in [3.05, 3.63) is 102 Å². The van der Waals surface area contributed by atoms with Crippen LogP contribution in [-0.4, -0.2) is 142 Å². The van der Waals surface area contributed by atoms with Crippen molar-refractivity contribution >= 4 is 23.7 Å². The molecule has 0 radical (unpaired) electrons. The number of urea groups is 1. The fourth-order valence-electron chi connectivity index (χ4n) is 7.58. The predicted molar refractivity (Wildman–Crippen MR) is 193 cm³/mol. The van der Waals surface area contributed by atoms with Crippen LogP contribution in [0.3, 0.4) is 0 Å². The molecule has 4 amide bonds. The van der Waals surface area contributed by atoms with E-state index in [1.54, 1.807) is 46.3 Å². The van der Waals surface area contributed by atoms with Gasteiger partial charge < -0.3 is 30.0 Å². The summed E-state index contributed by atoms with van der Waals surface area (Å²) in [6.07, 6.45) is 0.965. The fourth-order valence-corrected chi connectivity index (χ4v) is 7.58. The van der Waals surface area contributed by atoms with Gasteiger partial charge in [-0.1, -0.05) is 48.5 Å². The summed E-state index contributed by atoms with van der Waals surface area (Å²) < 4.78 is 15.2. The molecule has 5 heterocycles. The maximum Gasteiger partial charge on any atom is 0.334 e. The number of hydrogen-bond acceptors (Lipinski definition) is 9. The van der Waals surface area contributed by atoms with Gasteiger partial charge in [-0.3, -0.25) is 14.5 Å². The zero-order valence-electron chi connectivity index (χ0n) is 29.5. The minimum atomic E-state index is -0.939. The van der Waals surface area contributed by atoms with Crippen LogP contribution >= 0.6 is 0 Å². The zero-order valence-corrected chi connectivity index (χ0v) is 29.5. The van der Waals surface area contributed by atoms with Gasteiger partial charge in [0.1, 0.15) is 18.0 Å². The van der Waals surface area contributed by atoms with E-state index in [1.165, 1.54) is 16.0 Å². The summed E-state index contributed by atoms with van der Waals surface area (Å²) in [5, 5.41) is 16.1. The molecular weight excluding hydrogens is 665 g/mol. The molecule has 4 saturated heterocycles. The molecule has 2 atom stereocenters. The molecule has 274 valence electrons. The van der Waals surface area contributed by atoms with Crippen molar-refractivity contribution in [2.24, 2.45) is 0 Å². The summed E-state index contributed by atoms with van der Waals surface area (Å²) in [5.74, 6) is -0.650. The summed E-state index contributed by atoms with van der Waals surface area (Å²) in [6.45, 7) is 9.68. The molecule has 4 aliphatic heterocycles. The van der Waals surface area contributed by atoms with Gasteiger partial charge in [0.2, 0.25) is 11.8 Å². The van der Waals surface area contributed by atoms with E-state index < -0.39 is 24.1 Å². The Kier molecular flexibility index (Phi) is 10.4. The number of nitrogens with one attached hydrogen (secondary N) is 1. The van der Waals surface area contributed by atoms with Crippen molar-refractivity contribution in [3.63, 3.8) is 0 Å². The third kappa shape index (κ3) is 7.45. The van der Waals surface area contributed by atoms with Crippen LogP contribution in [0.2, 0.25) is 0 Å². The van der Waals surface area contributed by atoms with Crippen LogP contribution < -0.4 is 10.2 Å². The van der Waals surface area contributed by atoms with Crippen molar-refractivity contribution in [1.29, 1.82) is 0 Å². The van der Waals surface area contributed by atoms with Crippen LogP contribution in [0.1, 0.15) is 16.8 Å². The number of rotatable bonds is 10. The Bertz CT molecular complexity index is 1770. The van der Waals surface area contributed by atoms with Crippen LogP contribution in [0, 0.1) is 5.82 Å². The minimum Gasteiger partial charge on any atom is -0.508 e. The normalized spacial score (nSPS) is 22.0. The van der Waals surface area contributed by atoms with Gasteiger partial charge in [0.05, 0.1) is 25.3 Å². The number of halogens is 1. The third-order valence-corrected chi connectivity index (χ3v) is 10.5. The SMILES string of the molecule is C=CCN1CC(=O)N2C(CN(Cc3ccc(F)c(N4CC(N5CCN(C)CC5)C4)n3)C(=O)[C@@H]2Cc2ccc(O)cc2)N1C(=O)NCc1ccccc1. The largest absolute Gasteiger partial charge is 0.508 e. The summed E-state index contributed by atoms with van der Waals surface area (Å²) in [7, 11) is 2.12. The van der Waals surface area contributed by atoms with E-state index in [-0.39, 0.29) is 62.5 Å². The van der Waals surface area contributed by atoms with E-state index in [4.69, 9.17) is 4.98 Å². The Morgan fingerprint density at radius 1 is 0.981 bits per heavy atom. The summed E-state index contributed by atoms with van der Waals surface area (Å²) in [6, 6.07) is 18.0. The molecule has 2 N–H and O–H groups in total. The van der Waals surface area contributed by atoms with Crippen molar-refractivity contribution < 1.29 is 23.9 Å². The van der Waals surface area contributed by atoms with Crippen LogP contribution in [-0.2, 0) is 29.1 Å². The summed E-state index contributed by atoms with van der Waals surface area (Å²) in [5.41, 5.74) is 2.17. The first-order valence-electron chi connectivity index (χ1n) is 17.9. The van der Waals surface area contributed by atoms with Gasteiger partial charge in [-0.25, -0.2) is 24.2 Å². The van der Waals surface area contributed by atoms with Gasteiger partial charge in [0, 0.05) is 64.8 Å².